The molecule has 206 valence electrons. The molecule has 0 bridgehead atoms. The predicted molar refractivity (Wildman–Crippen MR) is 153 cm³/mol. The predicted octanol–water partition coefficient (Wildman–Crippen LogP) is 6.13. The molecule has 1 saturated heterocycles. The Morgan fingerprint density at radius 2 is 1.77 bits per heavy atom. The van der Waals surface area contributed by atoms with Gasteiger partial charge >= 0.3 is 6.09 Å². The first-order valence-electron chi connectivity index (χ1n) is 13.5. The summed E-state index contributed by atoms with van der Waals surface area (Å²) in [6.45, 7) is 6.83. The van der Waals surface area contributed by atoms with Crippen LogP contribution in [0.5, 0.6) is 11.6 Å². The molecule has 40 heavy (non-hydrogen) atoms. The van der Waals surface area contributed by atoms with Crippen molar-refractivity contribution in [3.63, 3.8) is 0 Å². The third-order valence-corrected chi connectivity index (χ3v) is 6.48. The number of benzene rings is 1. The van der Waals surface area contributed by atoms with Gasteiger partial charge in [0.05, 0.1) is 12.2 Å². The van der Waals surface area contributed by atoms with Crippen LogP contribution in [0.2, 0.25) is 0 Å². The van der Waals surface area contributed by atoms with E-state index in [0.29, 0.717) is 36.2 Å². The van der Waals surface area contributed by atoms with Gasteiger partial charge in [0.15, 0.2) is 5.82 Å². The van der Waals surface area contributed by atoms with Crippen molar-refractivity contribution in [2.75, 3.05) is 18.4 Å². The van der Waals surface area contributed by atoms with Crippen LogP contribution in [-0.4, -0.2) is 55.7 Å². The van der Waals surface area contributed by atoms with Gasteiger partial charge in [-0.3, -0.25) is 9.97 Å². The van der Waals surface area contributed by atoms with Crippen molar-refractivity contribution in [1.82, 2.24) is 24.8 Å². The number of nitrogens with one attached hydrogen (secondary N) is 1. The number of carbonyl (C=O) groups excluding carboxylic acids is 1. The van der Waals surface area contributed by atoms with Crippen molar-refractivity contribution in [1.29, 1.82) is 0 Å². The first-order valence-corrected chi connectivity index (χ1v) is 13.5. The Balaban J connectivity index is 1.33. The number of rotatable bonds is 8. The molecule has 5 rings (SSSR count). The fourth-order valence-corrected chi connectivity index (χ4v) is 4.56. The molecule has 1 aromatic carbocycles. The number of ether oxygens (including phenoxy) is 2. The first-order chi connectivity index (χ1) is 19.3. The van der Waals surface area contributed by atoms with E-state index in [4.69, 9.17) is 14.5 Å². The summed E-state index contributed by atoms with van der Waals surface area (Å²) >= 11 is 0. The van der Waals surface area contributed by atoms with Crippen molar-refractivity contribution < 1.29 is 14.3 Å². The molecule has 1 amide bonds. The van der Waals surface area contributed by atoms with E-state index < -0.39 is 5.60 Å². The maximum absolute atomic E-state index is 12.8. The second-order valence-corrected chi connectivity index (χ2v) is 10.8. The highest BCUT2D eigenvalue weighted by atomic mass is 16.6. The van der Waals surface area contributed by atoms with Gasteiger partial charge in [-0.25, -0.2) is 9.78 Å². The van der Waals surface area contributed by atoms with Gasteiger partial charge in [0.2, 0.25) is 5.88 Å². The average molecular weight is 539 g/mol. The summed E-state index contributed by atoms with van der Waals surface area (Å²) in [4.78, 5) is 32.2. The van der Waals surface area contributed by atoms with E-state index in [0.717, 1.165) is 36.0 Å². The third-order valence-electron chi connectivity index (χ3n) is 6.48. The number of nitrogens with zero attached hydrogens (tertiary/aromatic N) is 5. The zero-order valence-electron chi connectivity index (χ0n) is 23.1. The van der Waals surface area contributed by atoms with Crippen LogP contribution in [0.3, 0.4) is 0 Å². The second-order valence-electron chi connectivity index (χ2n) is 10.8. The standard InChI is InChI=1S/C31H34N6O3/c1-31(2,3)40-30(38)37-16-6-9-25(37)20-34-27-21-35-28(24-8-5-15-33-19-24)36-29(27)39-26-12-10-22(11-13-26)17-23-7-4-14-32-18-23/h4-5,7-8,10-15,18-19,21,25,34H,6,9,16-17,20H2,1-3H3. The van der Waals surface area contributed by atoms with Crippen LogP contribution in [0.15, 0.2) is 79.5 Å². The van der Waals surface area contributed by atoms with Gasteiger partial charge in [0, 0.05) is 43.4 Å². The van der Waals surface area contributed by atoms with Crippen LogP contribution in [-0.2, 0) is 11.2 Å². The number of hydrogen-bond acceptors (Lipinski definition) is 8. The molecule has 0 spiro atoms. The molecule has 1 aliphatic rings. The number of anilines is 1. The van der Waals surface area contributed by atoms with Crippen molar-refractivity contribution >= 4 is 11.8 Å². The van der Waals surface area contributed by atoms with Crippen molar-refractivity contribution in [3.05, 3.63) is 90.6 Å². The molecular formula is C31H34N6O3. The smallest absolute Gasteiger partial charge is 0.410 e. The summed E-state index contributed by atoms with van der Waals surface area (Å²) in [5, 5.41) is 3.42. The van der Waals surface area contributed by atoms with Crippen LogP contribution in [0, 0.1) is 0 Å². The van der Waals surface area contributed by atoms with E-state index in [1.54, 1.807) is 29.7 Å². The van der Waals surface area contributed by atoms with Crippen LogP contribution in [0.4, 0.5) is 10.5 Å². The quantitative estimate of drug-likeness (QED) is 0.286. The number of carbonyl (C=O) groups is 1. The Hall–Kier alpha value is -4.53. The van der Waals surface area contributed by atoms with E-state index in [-0.39, 0.29) is 12.1 Å². The minimum absolute atomic E-state index is 0.00698. The fraction of sp³-hybridized carbons (Fsp3) is 0.323. The molecule has 1 aliphatic heterocycles. The van der Waals surface area contributed by atoms with Crippen LogP contribution in [0.1, 0.15) is 44.7 Å². The van der Waals surface area contributed by atoms with Crippen LogP contribution in [0.25, 0.3) is 11.4 Å². The minimum Gasteiger partial charge on any atom is -0.444 e. The molecule has 1 N–H and O–H groups in total. The van der Waals surface area contributed by atoms with Crippen molar-refractivity contribution in [3.8, 4) is 23.0 Å². The normalized spacial score (nSPS) is 15.1. The Morgan fingerprint density at radius 3 is 2.48 bits per heavy atom. The molecule has 0 saturated carbocycles. The summed E-state index contributed by atoms with van der Waals surface area (Å²) in [7, 11) is 0. The molecule has 9 heteroatoms. The lowest BCUT2D eigenvalue weighted by molar-refractivity contribution is 0.0235. The fourth-order valence-electron chi connectivity index (χ4n) is 4.56. The van der Waals surface area contributed by atoms with E-state index in [1.165, 1.54) is 0 Å². The number of aromatic nitrogens is 4. The van der Waals surface area contributed by atoms with E-state index in [1.807, 2.05) is 69.4 Å². The minimum atomic E-state index is -0.540. The van der Waals surface area contributed by atoms with Crippen LogP contribution < -0.4 is 10.1 Å². The maximum Gasteiger partial charge on any atom is 0.410 e. The first kappa shape index (κ1) is 27.1. The molecule has 1 fully saturated rings. The average Bonchev–Trinajstić information content (AvgIpc) is 3.43. The van der Waals surface area contributed by atoms with Gasteiger partial charge in [-0.1, -0.05) is 18.2 Å². The summed E-state index contributed by atoms with van der Waals surface area (Å²) in [5.74, 6) is 1.57. The van der Waals surface area contributed by atoms with E-state index in [9.17, 15) is 4.79 Å². The zero-order valence-corrected chi connectivity index (χ0v) is 23.1. The lowest BCUT2D eigenvalue weighted by Crippen LogP contribution is -2.42. The highest BCUT2D eigenvalue weighted by Crippen LogP contribution is 2.30. The third kappa shape index (κ3) is 7.11. The van der Waals surface area contributed by atoms with Gasteiger partial charge in [-0.2, -0.15) is 4.98 Å². The number of pyridine rings is 2. The number of amides is 1. The molecule has 1 unspecified atom stereocenters. The van der Waals surface area contributed by atoms with Gasteiger partial charge in [0.1, 0.15) is 17.0 Å². The SMILES string of the molecule is CC(C)(C)OC(=O)N1CCCC1CNc1cnc(-c2cccnc2)nc1Oc1ccc(Cc2cccnc2)cc1. The summed E-state index contributed by atoms with van der Waals surface area (Å²) in [6.07, 6.45) is 11.1. The second kappa shape index (κ2) is 12.1. The summed E-state index contributed by atoms with van der Waals surface area (Å²) < 4.78 is 11.9. The Bertz CT molecular complexity index is 1410. The topological polar surface area (TPSA) is 102 Å². The molecule has 0 aliphatic carbocycles. The van der Waals surface area contributed by atoms with Crippen molar-refractivity contribution in [2.45, 2.75) is 51.7 Å². The number of hydrogen-bond donors (Lipinski definition) is 1. The largest absolute Gasteiger partial charge is 0.444 e. The monoisotopic (exact) mass is 538 g/mol. The van der Waals surface area contributed by atoms with E-state index >= 15 is 0 Å². The molecular weight excluding hydrogens is 504 g/mol. The molecule has 9 nitrogen and oxygen atoms in total. The lowest BCUT2D eigenvalue weighted by atomic mass is 10.1. The summed E-state index contributed by atoms with van der Waals surface area (Å²) in [6, 6.07) is 15.7. The number of likely N-dealkylation sites (tertiary alicyclic amines) is 1. The highest BCUT2D eigenvalue weighted by Gasteiger charge is 2.32. The molecule has 3 aromatic heterocycles. The molecule has 1 atom stereocenters. The van der Waals surface area contributed by atoms with Crippen LogP contribution >= 0.6 is 0 Å². The lowest BCUT2D eigenvalue weighted by Gasteiger charge is -2.29. The highest BCUT2D eigenvalue weighted by molar-refractivity contribution is 5.69. The zero-order chi connectivity index (χ0) is 28.0. The van der Waals surface area contributed by atoms with Gasteiger partial charge in [0.25, 0.3) is 0 Å². The van der Waals surface area contributed by atoms with Gasteiger partial charge in [-0.15, -0.1) is 0 Å². The maximum atomic E-state index is 12.8. The Kier molecular flexibility index (Phi) is 8.19. The van der Waals surface area contributed by atoms with Crippen molar-refractivity contribution in [2.24, 2.45) is 0 Å². The Morgan fingerprint density at radius 1 is 1.00 bits per heavy atom. The molecule has 0 radical (unpaired) electrons. The molecule has 4 aromatic rings. The van der Waals surface area contributed by atoms with Gasteiger partial charge < -0.3 is 19.7 Å². The van der Waals surface area contributed by atoms with E-state index in [2.05, 4.69) is 26.3 Å². The van der Waals surface area contributed by atoms with Gasteiger partial charge in [-0.05, 0) is 81.5 Å². The molecule has 4 heterocycles. The Labute approximate surface area is 234 Å². The summed E-state index contributed by atoms with van der Waals surface area (Å²) in [5.41, 5.74) is 3.19.